The summed E-state index contributed by atoms with van der Waals surface area (Å²) in [6.45, 7) is 0. The minimum Gasteiger partial charge on any atom is -0.460 e. The van der Waals surface area contributed by atoms with E-state index >= 15 is 0 Å². The largest absolute Gasteiger partial charge is 0.460 e. The predicted octanol–water partition coefficient (Wildman–Crippen LogP) is 3.40. The van der Waals surface area contributed by atoms with E-state index in [1.54, 1.807) is 12.1 Å². The van der Waals surface area contributed by atoms with Crippen LogP contribution >= 0.6 is 0 Å². The molecule has 1 aliphatic heterocycles. The van der Waals surface area contributed by atoms with Crippen LogP contribution in [-0.2, 0) is 0 Å². The molecule has 6 nitrogen and oxygen atoms in total. The van der Waals surface area contributed by atoms with Crippen LogP contribution in [0.2, 0.25) is 0 Å². The first-order chi connectivity index (χ1) is 12.4. The lowest BCUT2D eigenvalue weighted by atomic mass is 9.79. The van der Waals surface area contributed by atoms with Crippen molar-refractivity contribution in [1.29, 1.82) is 10.5 Å². The van der Waals surface area contributed by atoms with Gasteiger partial charge in [0.2, 0.25) is 0 Å². The maximum atomic E-state index is 13.3. The minimum absolute atomic E-state index is 0.0705. The lowest BCUT2D eigenvalue weighted by molar-refractivity contribution is 0.182. The Morgan fingerprint density at radius 3 is 2.46 bits per heavy atom. The number of aliphatic imine (C=N–C) groups is 1. The zero-order valence-corrected chi connectivity index (χ0v) is 12.8. The number of anilines is 1. The van der Waals surface area contributed by atoms with Crippen LogP contribution in [0.5, 0.6) is 0 Å². The highest BCUT2D eigenvalue weighted by molar-refractivity contribution is 5.95. The van der Waals surface area contributed by atoms with E-state index in [-0.39, 0.29) is 17.2 Å². The van der Waals surface area contributed by atoms with Crippen molar-refractivity contribution in [2.24, 2.45) is 10.9 Å². The van der Waals surface area contributed by atoms with Gasteiger partial charge in [0.15, 0.2) is 0 Å². The molecule has 10 heteroatoms. The topological polar surface area (TPSA) is 112 Å². The maximum absolute atomic E-state index is 13.3. The summed E-state index contributed by atoms with van der Waals surface area (Å²) in [4.78, 5) is 7.05. The number of nitrogen functional groups attached to an aromatic ring is 1. The average molecular weight is 363 g/mol. The standard InChI is InChI=1S/C16H9F4N5O/c17-14(18)12-7(4-21)11(8(5-22)13(25-12)15(19)20)10-3-6-9(26-10)1-2-24-16(6)23/h1-3,7,11,14-15H,(H2,23,24). The molecule has 132 valence electrons. The second-order valence-corrected chi connectivity index (χ2v) is 5.39. The van der Waals surface area contributed by atoms with E-state index in [1.807, 2.05) is 0 Å². The van der Waals surface area contributed by atoms with E-state index in [4.69, 9.17) is 10.2 Å². The summed E-state index contributed by atoms with van der Waals surface area (Å²) >= 11 is 0. The van der Waals surface area contributed by atoms with Gasteiger partial charge in [-0.25, -0.2) is 27.5 Å². The van der Waals surface area contributed by atoms with E-state index in [1.165, 1.54) is 18.3 Å². The second kappa shape index (κ2) is 6.48. The van der Waals surface area contributed by atoms with Crippen molar-refractivity contribution < 1.29 is 22.0 Å². The highest BCUT2D eigenvalue weighted by Gasteiger charge is 2.43. The Balaban J connectivity index is 2.27. The number of halogens is 4. The molecule has 0 aliphatic carbocycles. The first kappa shape index (κ1) is 17.4. The van der Waals surface area contributed by atoms with E-state index in [0.29, 0.717) is 5.39 Å². The molecule has 0 radical (unpaired) electrons. The molecule has 2 aromatic heterocycles. The van der Waals surface area contributed by atoms with Gasteiger partial charge in [-0.15, -0.1) is 0 Å². The number of nitriles is 2. The van der Waals surface area contributed by atoms with Crippen LogP contribution in [0, 0.1) is 28.6 Å². The van der Waals surface area contributed by atoms with Gasteiger partial charge in [0.1, 0.15) is 34.5 Å². The molecule has 0 aromatic carbocycles. The zero-order valence-electron chi connectivity index (χ0n) is 12.8. The fourth-order valence-electron chi connectivity index (χ4n) is 2.85. The smallest absolute Gasteiger partial charge is 0.281 e. The molecule has 2 aromatic rings. The summed E-state index contributed by atoms with van der Waals surface area (Å²) in [6, 6.07) is 5.92. The number of furan rings is 1. The second-order valence-electron chi connectivity index (χ2n) is 5.39. The van der Waals surface area contributed by atoms with Crippen LogP contribution < -0.4 is 5.73 Å². The van der Waals surface area contributed by atoms with Crippen molar-refractivity contribution >= 4 is 22.5 Å². The number of allylic oxidation sites excluding steroid dienone is 2. The van der Waals surface area contributed by atoms with Gasteiger partial charge in [-0.2, -0.15) is 10.5 Å². The van der Waals surface area contributed by atoms with Crippen molar-refractivity contribution in [3.8, 4) is 12.1 Å². The lowest BCUT2D eigenvalue weighted by Gasteiger charge is -2.26. The monoisotopic (exact) mass is 363 g/mol. The number of alkyl halides is 4. The van der Waals surface area contributed by atoms with Crippen LogP contribution in [0.25, 0.3) is 11.0 Å². The Labute approximate surface area is 143 Å². The molecule has 0 saturated heterocycles. The summed E-state index contributed by atoms with van der Waals surface area (Å²) in [5.41, 5.74) is 3.21. The third-order valence-electron chi connectivity index (χ3n) is 3.98. The fraction of sp³-hybridized carbons (Fsp3) is 0.250. The summed E-state index contributed by atoms with van der Waals surface area (Å²) in [5.74, 6) is -3.14. The van der Waals surface area contributed by atoms with Crippen molar-refractivity contribution in [3.05, 3.63) is 35.4 Å². The van der Waals surface area contributed by atoms with Crippen LogP contribution in [0.1, 0.15) is 11.7 Å². The molecule has 3 rings (SSSR count). The van der Waals surface area contributed by atoms with Crippen LogP contribution in [-0.4, -0.2) is 23.5 Å². The molecule has 0 amide bonds. The molecule has 3 heterocycles. The molecule has 0 spiro atoms. The maximum Gasteiger partial charge on any atom is 0.281 e. The highest BCUT2D eigenvalue weighted by Crippen LogP contribution is 2.43. The summed E-state index contributed by atoms with van der Waals surface area (Å²) in [5, 5.41) is 19.0. The Morgan fingerprint density at radius 2 is 1.92 bits per heavy atom. The number of nitrogens with two attached hydrogens (primary N) is 1. The van der Waals surface area contributed by atoms with Gasteiger partial charge in [0, 0.05) is 6.20 Å². The molecule has 2 atom stereocenters. The van der Waals surface area contributed by atoms with Gasteiger partial charge in [-0.05, 0) is 12.1 Å². The summed E-state index contributed by atoms with van der Waals surface area (Å²) in [7, 11) is 0. The van der Waals surface area contributed by atoms with Gasteiger partial charge in [0.05, 0.1) is 29.0 Å². The molecule has 0 bridgehead atoms. The van der Waals surface area contributed by atoms with E-state index in [9.17, 15) is 28.1 Å². The molecule has 26 heavy (non-hydrogen) atoms. The van der Waals surface area contributed by atoms with Gasteiger partial charge in [0.25, 0.3) is 12.9 Å². The van der Waals surface area contributed by atoms with E-state index in [2.05, 4.69) is 9.98 Å². The summed E-state index contributed by atoms with van der Waals surface area (Å²) in [6.07, 6.45) is -5.17. The first-order valence-electron chi connectivity index (χ1n) is 7.21. The molecule has 1 aliphatic rings. The minimum atomic E-state index is -3.27. The van der Waals surface area contributed by atoms with Crippen molar-refractivity contribution in [2.45, 2.75) is 18.8 Å². The average Bonchev–Trinajstić information content (AvgIpc) is 3.04. The summed E-state index contributed by atoms with van der Waals surface area (Å²) < 4.78 is 58.6. The van der Waals surface area contributed by atoms with Gasteiger partial charge >= 0.3 is 0 Å². The Morgan fingerprint density at radius 1 is 1.19 bits per heavy atom. The molecule has 0 saturated carbocycles. The number of hydrogen-bond donors (Lipinski definition) is 1. The first-order valence-corrected chi connectivity index (χ1v) is 7.21. The SMILES string of the molecule is N#CC1=C(C(F)F)N=C(C(F)F)C(C#N)C1c1cc2c(N)nccc2o1. The molecular formula is C16H9F4N5O. The van der Waals surface area contributed by atoms with E-state index < -0.39 is 41.7 Å². The number of fused-ring (bicyclic) bond motifs is 1. The molecular weight excluding hydrogens is 354 g/mol. The third kappa shape index (κ3) is 2.65. The molecule has 0 fully saturated rings. The zero-order chi connectivity index (χ0) is 19.0. The molecule has 2 unspecified atom stereocenters. The highest BCUT2D eigenvalue weighted by atomic mass is 19.3. The van der Waals surface area contributed by atoms with Crippen LogP contribution in [0.15, 0.2) is 39.0 Å². The number of aromatic nitrogens is 1. The Kier molecular flexibility index (Phi) is 4.34. The quantitative estimate of drug-likeness (QED) is 0.840. The number of pyridine rings is 1. The normalized spacial score (nSPS) is 20.4. The van der Waals surface area contributed by atoms with Gasteiger partial charge in [-0.1, -0.05) is 0 Å². The van der Waals surface area contributed by atoms with Crippen molar-refractivity contribution in [1.82, 2.24) is 4.98 Å². The van der Waals surface area contributed by atoms with Crippen LogP contribution in [0.3, 0.4) is 0 Å². The van der Waals surface area contributed by atoms with Crippen LogP contribution in [0.4, 0.5) is 23.4 Å². The fourth-order valence-corrected chi connectivity index (χ4v) is 2.85. The number of hydrogen-bond acceptors (Lipinski definition) is 6. The number of nitrogens with zero attached hydrogens (tertiary/aromatic N) is 4. The van der Waals surface area contributed by atoms with Gasteiger partial charge < -0.3 is 10.2 Å². The Hall–Kier alpha value is -3.40. The molecule has 2 N–H and O–H groups in total. The van der Waals surface area contributed by atoms with E-state index in [0.717, 1.165) is 0 Å². The van der Waals surface area contributed by atoms with Crippen molar-refractivity contribution in [3.63, 3.8) is 0 Å². The third-order valence-corrected chi connectivity index (χ3v) is 3.98. The van der Waals surface area contributed by atoms with Crippen molar-refractivity contribution in [2.75, 3.05) is 5.73 Å². The number of rotatable bonds is 3. The van der Waals surface area contributed by atoms with Gasteiger partial charge in [-0.3, -0.25) is 0 Å². The lowest BCUT2D eigenvalue weighted by Crippen LogP contribution is -2.32. The predicted molar refractivity (Wildman–Crippen MR) is 82.3 cm³/mol. The Bertz CT molecular complexity index is 1010.